The fraction of sp³-hybridized carbons (Fsp3) is 0.438. The van der Waals surface area contributed by atoms with Gasteiger partial charge < -0.3 is 14.4 Å². The van der Waals surface area contributed by atoms with Crippen LogP contribution in [0.1, 0.15) is 12.5 Å². The number of fused-ring (bicyclic) bond motifs is 1. The van der Waals surface area contributed by atoms with E-state index in [2.05, 4.69) is 46.9 Å². The van der Waals surface area contributed by atoms with Crippen LogP contribution >= 0.6 is 0 Å². The summed E-state index contributed by atoms with van der Waals surface area (Å²) in [7, 11) is 0. The van der Waals surface area contributed by atoms with Gasteiger partial charge in [0.25, 0.3) is 0 Å². The fourth-order valence-electron chi connectivity index (χ4n) is 2.94. The minimum absolute atomic E-state index is 0.445. The first kappa shape index (κ1) is 14.1. The quantitative estimate of drug-likeness (QED) is 0.934. The maximum Gasteiger partial charge on any atom is 0.334 e. The van der Waals surface area contributed by atoms with Crippen LogP contribution in [0.15, 0.2) is 30.5 Å². The van der Waals surface area contributed by atoms with Gasteiger partial charge in [0, 0.05) is 43.3 Å². The topological polar surface area (TPSA) is 54.7 Å². The maximum absolute atomic E-state index is 11.1. The van der Waals surface area contributed by atoms with Gasteiger partial charge in [-0.1, -0.05) is 12.1 Å². The molecule has 1 N–H and O–H groups in total. The van der Waals surface area contributed by atoms with Crippen molar-refractivity contribution in [1.82, 2.24) is 9.47 Å². The Labute approximate surface area is 123 Å². The van der Waals surface area contributed by atoms with Gasteiger partial charge in [0.15, 0.2) is 6.10 Å². The molecule has 1 atom stereocenters. The number of ether oxygens (including phenoxy) is 1. The van der Waals surface area contributed by atoms with Crippen LogP contribution in [-0.4, -0.2) is 46.3 Å². The summed E-state index contributed by atoms with van der Waals surface area (Å²) in [5.74, 6) is -0.880. The van der Waals surface area contributed by atoms with Gasteiger partial charge in [-0.25, -0.2) is 4.79 Å². The lowest BCUT2D eigenvalue weighted by Crippen LogP contribution is -2.45. The number of aryl methyl sites for hydroxylation is 1. The van der Waals surface area contributed by atoms with Gasteiger partial charge in [0.05, 0.1) is 6.61 Å². The number of morpholine rings is 1. The molecular formula is C16H20N2O3. The lowest BCUT2D eigenvalue weighted by molar-refractivity contribution is -0.156. The van der Waals surface area contributed by atoms with Gasteiger partial charge in [0.1, 0.15) is 0 Å². The van der Waals surface area contributed by atoms with Crippen molar-refractivity contribution in [2.45, 2.75) is 26.1 Å². The van der Waals surface area contributed by atoms with E-state index in [1.807, 2.05) is 0 Å². The molecule has 5 nitrogen and oxygen atoms in total. The predicted octanol–water partition coefficient (Wildman–Crippen LogP) is 1.95. The number of nitrogens with zero attached hydrogens (tertiary/aromatic N) is 2. The van der Waals surface area contributed by atoms with Crippen LogP contribution in [-0.2, 0) is 22.6 Å². The highest BCUT2D eigenvalue weighted by Crippen LogP contribution is 2.22. The average molecular weight is 288 g/mol. The van der Waals surface area contributed by atoms with E-state index in [0.29, 0.717) is 13.2 Å². The summed E-state index contributed by atoms with van der Waals surface area (Å²) in [6, 6.07) is 8.46. The standard InChI is InChI=1S/C16H20N2O3/c1-2-18-7-6-13-12(4-3-5-14(13)18)10-17-8-9-21-15(11-17)16(19)20/h3-7,15H,2,8-11H2,1H3,(H,19,20)/t15-/m0/s1. The average Bonchev–Trinajstić information content (AvgIpc) is 2.92. The van der Waals surface area contributed by atoms with E-state index >= 15 is 0 Å². The number of carboxylic acid groups (broad SMARTS) is 1. The van der Waals surface area contributed by atoms with Crippen molar-refractivity contribution in [3.05, 3.63) is 36.0 Å². The molecule has 0 bridgehead atoms. The normalized spacial score (nSPS) is 20.0. The number of hydrogen-bond donors (Lipinski definition) is 1. The fourth-order valence-corrected chi connectivity index (χ4v) is 2.94. The third-order valence-corrected chi connectivity index (χ3v) is 4.06. The Kier molecular flexibility index (Phi) is 3.94. The third kappa shape index (κ3) is 2.80. The molecule has 1 aliphatic heterocycles. The molecule has 0 radical (unpaired) electrons. The molecule has 21 heavy (non-hydrogen) atoms. The Morgan fingerprint density at radius 3 is 3.05 bits per heavy atom. The van der Waals surface area contributed by atoms with Crippen LogP contribution < -0.4 is 0 Å². The highest BCUT2D eigenvalue weighted by atomic mass is 16.5. The van der Waals surface area contributed by atoms with E-state index in [0.717, 1.165) is 19.6 Å². The summed E-state index contributed by atoms with van der Waals surface area (Å²) in [6.45, 7) is 5.53. The van der Waals surface area contributed by atoms with Crippen LogP contribution in [0.4, 0.5) is 0 Å². The summed E-state index contributed by atoms with van der Waals surface area (Å²) in [5, 5.41) is 10.3. The molecule has 1 fully saturated rings. The van der Waals surface area contributed by atoms with Crippen molar-refractivity contribution in [1.29, 1.82) is 0 Å². The Balaban J connectivity index is 1.81. The van der Waals surface area contributed by atoms with Crippen LogP contribution in [0.3, 0.4) is 0 Å². The van der Waals surface area contributed by atoms with Gasteiger partial charge in [-0.15, -0.1) is 0 Å². The van der Waals surface area contributed by atoms with Crippen molar-refractivity contribution in [2.24, 2.45) is 0 Å². The van der Waals surface area contributed by atoms with Gasteiger partial charge >= 0.3 is 5.97 Å². The summed E-state index contributed by atoms with van der Waals surface area (Å²) in [5.41, 5.74) is 2.48. The molecule has 1 saturated heterocycles. The zero-order valence-electron chi connectivity index (χ0n) is 12.2. The van der Waals surface area contributed by atoms with Gasteiger partial charge in [-0.3, -0.25) is 4.90 Å². The summed E-state index contributed by atoms with van der Waals surface area (Å²) in [6.07, 6.45) is 1.39. The molecule has 2 heterocycles. The van der Waals surface area contributed by atoms with E-state index in [4.69, 9.17) is 9.84 Å². The molecule has 2 aromatic rings. The second-order valence-corrected chi connectivity index (χ2v) is 5.38. The first-order valence-electron chi connectivity index (χ1n) is 7.32. The molecule has 3 rings (SSSR count). The molecule has 0 amide bonds. The number of carbonyl (C=O) groups is 1. The second-order valence-electron chi connectivity index (χ2n) is 5.38. The maximum atomic E-state index is 11.1. The van der Waals surface area contributed by atoms with Crippen LogP contribution in [0.2, 0.25) is 0 Å². The molecule has 5 heteroatoms. The molecular weight excluding hydrogens is 268 g/mol. The Morgan fingerprint density at radius 2 is 2.29 bits per heavy atom. The Bertz CT molecular complexity index is 650. The van der Waals surface area contributed by atoms with Crippen molar-refractivity contribution in [3.63, 3.8) is 0 Å². The number of rotatable bonds is 4. The van der Waals surface area contributed by atoms with Crippen molar-refractivity contribution in [3.8, 4) is 0 Å². The molecule has 112 valence electrons. The number of aliphatic carboxylic acids is 1. The van der Waals surface area contributed by atoms with Gasteiger partial charge in [-0.05, 0) is 24.6 Å². The first-order chi connectivity index (χ1) is 10.2. The monoisotopic (exact) mass is 288 g/mol. The molecule has 0 aliphatic carbocycles. The zero-order valence-corrected chi connectivity index (χ0v) is 12.2. The first-order valence-corrected chi connectivity index (χ1v) is 7.32. The summed E-state index contributed by atoms with van der Waals surface area (Å²) >= 11 is 0. The largest absolute Gasteiger partial charge is 0.479 e. The molecule has 0 unspecified atom stereocenters. The van der Waals surface area contributed by atoms with Crippen molar-refractivity contribution < 1.29 is 14.6 Å². The lowest BCUT2D eigenvalue weighted by atomic mass is 10.1. The van der Waals surface area contributed by atoms with E-state index in [9.17, 15) is 4.79 Å². The number of benzene rings is 1. The van der Waals surface area contributed by atoms with E-state index in [1.54, 1.807) is 0 Å². The Hall–Kier alpha value is -1.85. The number of aromatic nitrogens is 1. The van der Waals surface area contributed by atoms with Crippen LogP contribution in [0.25, 0.3) is 10.9 Å². The SMILES string of the molecule is CCn1ccc2c(CN3CCO[C@H](C(=O)O)C3)cccc21. The molecule has 1 aromatic heterocycles. The highest BCUT2D eigenvalue weighted by molar-refractivity contribution is 5.83. The third-order valence-electron chi connectivity index (χ3n) is 4.06. The highest BCUT2D eigenvalue weighted by Gasteiger charge is 2.26. The van der Waals surface area contributed by atoms with Crippen molar-refractivity contribution >= 4 is 16.9 Å². The predicted molar refractivity (Wildman–Crippen MR) is 80.3 cm³/mol. The molecule has 1 aliphatic rings. The number of hydrogen-bond acceptors (Lipinski definition) is 3. The van der Waals surface area contributed by atoms with Crippen LogP contribution in [0, 0.1) is 0 Å². The molecule has 1 aromatic carbocycles. The molecule has 0 saturated carbocycles. The summed E-state index contributed by atoms with van der Waals surface area (Å²) < 4.78 is 7.49. The van der Waals surface area contributed by atoms with Gasteiger partial charge in [-0.2, -0.15) is 0 Å². The minimum Gasteiger partial charge on any atom is -0.479 e. The lowest BCUT2D eigenvalue weighted by Gasteiger charge is -2.30. The minimum atomic E-state index is -0.880. The van der Waals surface area contributed by atoms with Crippen molar-refractivity contribution in [2.75, 3.05) is 19.7 Å². The van der Waals surface area contributed by atoms with Gasteiger partial charge in [0.2, 0.25) is 0 Å². The number of carboxylic acids is 1. The second kappa shape index (κ2) is 5.87. The Morgan fingerprint density at radius 1 is 1.43 bits per heavy atom. The summed E-state index contributed by atoms with van der Waals surface area (Å²) in [4.78, 5) is 13.2. The zero-order chi connectivity index (χ0) is 14.8. The van der Waals surface area contributed by atoms with E-state index in [-0.39, 0.29) is 0 Å². The van der Waals surface area contributed by atoms with E-state index < -0.39 is 12.1 Å². The van der Waals surface area contributed by atoms with Crippen LogP contribution in [0.5, 0.6) is 0 Å². The van der Waals surface area contributed by atoms with E-state index in [1.165, 1.54) is 16.5 Å². The smallest absolute Gasteiger partial charge is 0.334 e. The molecule has 0 spiro atoms.